The van der Waals surface area contributed by atoms with Crippen molar-refractivity contribution >= 4 is 18.0 Å². The predicted octanol–water partition coefficient (Wildman–Crippen LogP) is 0.629. The van der Waals surface area contributed by atoms with Crippen LogP contribution in [0.1, 0.15) is 25.7 Å². The Morgan fingerprint density at radius 1 is 1.11 bits per heavy atom. The van der Waals surface area contributed by atoms with Crippen LogP contribution in [0.2, 0.25) is 0 Å². The van der Waals surface area contributed by atoms with Gasteiger partial charge in [-0.2, -0.15) is 0 Å². The molecule has 0 unspecified atom stereocenters. The van der Waals surface area contributed by atoms with Crippen molar-refractivity contribution in [3.63, 3.8) is 0 Å². The molecule has 1 aliphatic carbocycles. The number of amides is 2. The molecule has 1 saturated carbocycles. The fourth-order valence-electron chi connectivity index (χ4n) is 2.92. The van der Waals surface area contributed by atoms with Crippen LogP contribution in [-0.4, -0.2) is 42.4 Å². The van der Waals surface area contributed by atoms with Crippen molar-refractivity contribution in [2.75, 3.05) is 13.2 Å². The van der Waals surface area contributed by atoms with Crippen molar-refractivity contribution < 1.29 is 28.7 Å². The molecule has 2 heterocycles. The van der Waals surface area contributed by atoms with Crippen LogP contribution in [-0.2, 0) is 23.9 Å². The highest BCUT2D eigenvalue weighted by Crippen LogP contribution is 2.38. The van der Waals surface area contributed by atoms with Gasteiger partial charge >= 0.3 is 6.16 Å². The van der Waals surface area contributed by atoms with E-state index in [0.29, 0.717) is 30.1 Å². The lowest BCUT2D eigenvalue weighted by atomic mass is 10.0. The van der Waals surface area contributed by atoms with Gasteiger partial charge in [0, 0.05) is 26.1 Å². The molecule has 0 aromatic carbocycles. The molecular weight excluding hydrogens is 254 g/mol. The monoisotopic (exact) mass is 269 g/mol. The molecule has 3 aliphatic rings. The molecule has 7 nitrogen and oxygen atoms in total. The molecule has 2 amide bonds. The standard InChI is InChI=1S/C12H15NO6/c14-10-1-2-11(15)13(10)19-12(16)18-9-3-7-5-17-6-8(7)4-9/h7-9H,1-6H2/t7-,8+,9-. The first-order chi connectivity index (χ1) is 9.13. The normalized spacial score (nSPS) is 33.7. The summed E-state index contributed by atoms with van der Waals surface area (Å²) in [6.45, 7) is 1.42. The van der Waals surface area contributed by atoms with Crippen LogP contribution in [0.3, 0.4) is 0 Å². The maximum Gasteiger partial charge on any atom is 0.534 e. The maximum absolute atomic E-state index is 11.5. The molecule has 19 heavy (non-hydrogen) atoms. The average molecular weight is 269 g/mol. The summed E-state index contributed by atoms with van der Waals surface area (Å²) in [6, 6.07) is 0. The third kappa shape index (κ3) is 2.42. The van der Waals surface area contributed by atoms with E-state index in [9.17, 15) is 14.4 Å². The van der Waals surface area contributed by atoms with Crippen molar-refractivity contribution in [3.8, 4) is 0 Å². The third-order valence-corrected chi connectivity index (χ3v) is 3.90. The summed E-state index contributed by atoms with van der Waals surface area (Å²) in [5, 5.41) is 0.501. The third-order valence-electron chi connectivity index (χ3n) is 3.90. The van der Waals surface area contributed by atoms with Crippen LogP contribution in [0.15, 0.2) is 0 Å². The lowest BCUT2D eigenvalue weighted by Gasteiger charge is -2.16. The summed E-state index contributed by atoms with van der Waals surface area (Å²) in [5.74, 6) is -0.127. The summed E-state index contributed by atoms with van der Waals surface area (Å²) in [5.41, 5.74) is 0. The molecular formula is C12H15NO6. The number of carbonyl (C=O) groups is 3. The molecule has 0 N–H and O–H groups in total. The predicted molar refractivity (Wildman–Crippen MR) is 59.5 cm³/mol. The van der Waals surface area contributed by atoms with E-state index in [4.69, 9.17) is 9.47 Å². The first kappa shape index (κ1) is 12.4. The van der Waals surface area contributed by atoms with Gasteiger partial charge in [0.1, 0.15) is 6.10 Å². The van der Waals surface area contributed by atoms with Gasteiger partial charge in [-0.3, -0.25) is 14.4 Å². The van der Waals surface area contributed by atoms with Gasteiger partial charge in [0.2, 0.25) is 0 Å². The molecule has 0 aromatic heterocycles. The molecule has 3 fully saturated rings. The maximum atomic E-state index is 11.5. The second kappa shape index (κ2) is 4.80. The average Bonchev–Trinajstić information content (AvgIpc) is 2.99. The molecule has 0 bridgehead atoms. The van der Waals surface area contributed by atoms with Crippen LogP contribution in [0.4, 0.5) is 4.79 Å². The number of imide groups is 1. The summed E-state index contributed by atoms with van der Waals surface area (Å²) >= 11 is 0. The first-order valence-corrected chi connectivity index (χ1v) is 6.45. The Morgan fingerprint density at radius 3 is 2.26 bits per heavy atom. The molecule has 2 aliphatic heterocycles. The van der Waals surface area contributed by atoms with Crippen molar-refractivity contribution in [2.45, 2.75) is 31.8 Å². The van der Waals surface area contributed by atoms with Crippen molar-refractivity contribution in [1.82, 2.24) is 5.06 Å². The van der Waals surface area contributed by atoms with Gasteiger partial charge in [0.25, 0.3) is 11.8 Å². The van der Waals surface area contributed by atoms with Crippen LogP contribution in [0.5, 0.6) is 0 Å². The second-order valence-corrected chi connectivity index (χ2v) is 5.19. The number of hydrogen-bond donors (Lipinski definition) is 0. The molecule has 3 rings (SSSR count). The fraction of sp³-hybridized carbons (Fsp3) is 0.750. The number of carbonyl (C=O) groups excluding carboxylic acids is 3. The largest absolute Gasteiger partial charge is 0.534 e. The number of rotatable bonds is 2. The molecule has 0 spiro atoms. The van der Waals surface area contributed by atoms with Crippen LogP contribution in [0, 0.1) is 11.8 Å². The van der Waals surface area contributed by atoms with E-state index in [-0.39, 0.29) is 18.9 Å². The minimum atomic E-state index is -0.977. The summed E-state index contributed by atoms with van der Waals surface area (Å²) < 4.78 is 10.5. The smallest absolute Gasteiger partial charge is 0.429 e. The highest BCUT2D eigenvalue weighted by Gasteiger charge is 2.41. The van der Waals surface area contributed by atoms with Crippen LogP contribution in [0.25, 0.3) is 0 Å². The van der Waals surface area contributed by atoms with E-state index in [1.807, 2.05) is 0 Å². The van der Waals surface area contributed by atoms with E-state index in [1.165, 1.54) is 0 Å². The van der Waals surface area contributed by atoms with Crippen LogP contribution < -0.4 is 0 Å². The Balaban J connectivity index is 1.49. The van der Waals surface area contributed by atoms with Crippen molar-refractivity contribution in [1.29, 1.82) is 0 Å². The fourth-order valence-corrected chi connectivity index (χ4v) is 2.92. The van der Waals surface area contributed by atoms with Gasteiger partial charge in [-0.25, -0.2) is 4.79 Å². The second-order valence-electron chi connectivity index (χ2n) is 5.19. The van der Waals surface area contributed by atoms with E-state index >= 15 is 0 Å². The number of fused-ring (bicyclic) bond motifs is 1. The zero-order valence-electron chi connectivity index (χ0n) is 10.4. The molecule has 7 heteroatoms. The number of hydrogen-bond acceptors (Lipinski definition) is 6. The van der Waals surface area contributed by atoms with Gasteiger partial charge in [-0.1, -0.05) is 5.06 Å². The highest BCUT2D eigenvalue weighted by molar-refractivity contribution is 6.01. The molecule has 3 atom stereocenters. The summed E-state index contributed by atoms with van der Waals surface area (Å²) in [7, 11) is 0. The molecule has 0 radical (unpaired) electrons. The quantitative estimate of drug-likeness (QED) is 0.540. The lowest BCUT2D eigenvalue weighted by Crippen LogP contribution is -2.33. The number of hydroxylamine groups is 2. The summed E-state index contributed by atoms with van der Waals surface area (Å²) in [6.07, 6.45) is 0.478. The van der Waals surface area contributed by atoms with E-state index < -0.39 is 18.0 Å². The van der Waals surface area contributed by atoms with E-state index in [0.717, 1.165) is 12.8 Å². The molecule has 2 saturated heterocycles. The van der Waals surface area contributed by atoms with Gasteiger partial charge in [0.05, 0.1) is 0 Å². The molecule has 0 aromatic rings. The summed E-state index contributed by atoms with van der Waals surface area (Å²) in [4.78, 5) is 38.8. The van der Waals surface area contributed by atoms with Gasteiger partial charge < -0.3 is 9.47 Å². The van der Waals surface area contributed by atoms with E-state index in [1.54, 1.807) is 0 Å². The van der Waals surface area contributed by atoms with Gasteiger partial charge in [-0.15, -0.1) is 0 Å². The number of ether oxygens (including phenoxy) is 2. The zero-order valence-corrected chi connectivity index (χ0v) is 10.4. The van der Waals surface area contributed by atoms with Crippen molar-refractivity contribution in [3.05, 3.63) is 0 Å². The molecule has 104 valence electrons. The van der Waals surface area contributed by atoms with Crippen LogP contribution >= 0.6 is 0 Å². The Morgan fingerprint density at radius 2 is 1.68 bits per heavy atom. The minimum absolute atomic E-state index is 0.0804. The minimum Gasteiger partial charge on any atom is -0.429 e. The SMILES string of the molecule is O=C(O[C@H]1C[C@H]2COC[C@H]2C1)ON1C(=O)CCC1=O. The Labute approximate surface area is 109 Å². The topological polar surface area (TPSA) is 82.1 Å². The van der Waals surface area contributed by atoms with Crippen molar-refractivity contribution in [2.24, 2.45) is 11.8 Å². The van der Waals surface area contributed by atoms with Gasteiger partial charge in [0.15, 0.2) is 0 Å². The highest BCUT2D eigenvalue weighted by atomic mass is 16.8. The van der Waals surface area contributed by atoms with E-state index in [2.05, 4.69) is 4.84 Å². The lowest BCUT2D eigenvalue weighted by molar-refractivity contribution is -0.178. The Hall–Kier alpha value is -1.63. The Kier molecular flexibility index (Phi) is 3.14. The zero-order chi connectivity index (χ0) is 13.4. The Bertz CT molecular complexity index is 394. The number of nitrogens with zero attached hydrogens (tertiary/aromatic N) is 1. The first-order valence-electron chi connectivity index (χ1n) is 6.45. The van der Waals surface area contributed by atoms with Gasteiger partial charge in [-0.05, 0) is 24.7 Å².